The molecule has 0 unspecified atom stereocenters. The van der Waals surface area contributed by atoms with Crippen molar-refractivity contribution in [3.05, 3.63) is 35.0 Å². The van der Waals surface area contributed by atoms with Crippen molar-refractivity contribution in [1.82, 2.24) is 14.9 Å². The van der Waals surface area contributed by atoms with E-state index >= 15 is 0 Å². The van der Waals surface area contributed by atoms with E-state index in [4.69, 9.17) is 5.11 Å². The first-order valence-corrected chi connectivity index (χ1v) is 6.66. The highest BCUT2D eigenvalue weighted by atomic mass is 32.1. The molecule has 0 aliphatic heterocycles. The van der Waals surface area contributed by atoms with Gasteiger partial charge in [0.15, 0.2) is 0 Å². The molecule has 0 bridgehead atoms. The van der Waals surface area contributed by atoms with Crippen LogP contribution in [0.25, 0.3) is 10.7 Å². The van der Waals surface area contributed by atoms with Crippen molar-refractivity contribution in [2.45, 2.75) is 6.92 Å². The zero-order chi connectivity index (χ0) is 14.7. The standard InChI is InChI=1S/C13H13N3O3S/c1-8-11(13(19)16(2)7-10(17)18)20-12(15-8)9-5-3-4-6-14-9/h3-6H,7H2,1-2H3,(H,17,18). The number of carbonyl (C=O) groups excluding carboxylic acids is 1. The molecular formula is C13H13N3O3S. The maximum atomic E-state index is 12.2. The molecule has 0 aliphatic rings. The fraction of sp³-hybridized carbons (Fsp3) is 0.231. The third kappa shape index (κ3) is 3.00. The maximum absolute atomic E-state index is 12.2. The van der Waals surface area contributed by atoms with Gasteiger partial charge in [0.25, 0.3) is 5.91 Å². The van der Waals surface area contributed by atoms with Gasteiger partial charge in [-0.25, -0.2) is 4.98 Å². The predicted molar refractivity (Wildman–Crippen MR) is 74.7 cm³/mol. The molecular weight excluding hydrogens is 278 g/mol. The average Bonchev–Trinajstić information content (AvgIpc) is 2.80. The van der Waals surface area contributed by atoms with Crippen LogP contribution in [0.3, 0.4) is 0 Å². The van der Waals surface area contributed by atoms with Gasteiger partial charge in [-0.2, -0.15) is 0 Å². The minimum atomic E-state index is -1.05. The summed E-state index contributed by atoms with van der Waals surface area (Å²) in [6.07, 6.45) is 1.66. The lowest BCUT2D eigenvalue weighted by Gasteiger charge is -2.13. The number of pyridine rings is 1. The lowest BCUT2D eigenvalue weighted by atomic mass is 10.3. The Bertz CT molecular complexity index is 640. The molecule has 0 spiro atoms. The largest absolute Gasteiger partial charge is 0.480 e. The zero-order valence-corrected chi connectivity index (χ0v) is 11.8. The highest BCUT2D eigenvalue weighted by Crippen LogP contribution is 2.27. The van der Waals surface area contributed by atoms with E-state index in [9.17, 15) is 9.59 Å². The third-order valence-electron chi connectivity index (χ3n) is 2.59. The van der Waals surface area contributed by atoms with E-state index in [-0.39, 0.29) is 12.5 Å². The van der Waals surface area contributed by atoms with Crippen LogP contribution in [0.15, 0.2) is 24.4 Å². The lowest BCUT2D eigenvalue weighted by molar-refractivity contribution is -0.137. The summed E-state index contributed by atoms with van der Waals surface area (Å²) in [4.78, 5) is 32.9. The molecule has 2 aromatic heterocycles. The Hall–Kier alpha value is -2.28. The summed E-state index contributed by atoms with van der Waals surface area (Å²) in [7, 11) is 1.45. The van der Waals surface area contributed by atoms with E-state index < -0.39 is 5.97 Å². The Morgan fingerprint density at radius 3 is 2.75 bits per heavy atom. The highest BCUT2D eigenvalue weighted by Gasteiger charge is 2.21. The molecule has 20 heavy (non-hydrogen) atoms. The van der Waals surface area contributed by atoms with Crippen molar-refractivity contribution in [3.63, 3.8) is 0 Å². The summed E-state index contributed by atoms with van der Waals surface area (Å²) in [5.74, 6) is -1.39. The van der Waals surface area contributed by atoms with Crippen molar-refractivity contribution < 1.29 is 14.7 Å². The molecule has 0 saturated heterocycles. The second-order valence-corrected chi connectivity index (χ2v) is 5.20. The topological polar surface area (TPSA) is 83.4 Å². The summed E-state index contributed by atoms with van der Waals surface area (Å²) < 4.78 is 0. The molecule has 2 heterocycles. The maximum Gasteiger partial charge on any atom is 0.323 e. The Morgan fingerprint density at radius 1 is 1.40 bits per heavy atom. The molecule has 0 saturated carbocycles. The van der Waals surface area contributed by atoms with Crippen LogP contribution >= 0.6 is 11.3 Å². The number of nitrogens with zero attached hydrogens (tertiary/aromatic N) is 3. The van der Waals surface area contributed by atoms with Crippen LogP contribution in [0.5, 0.6) is 0 Å². The van der Waals surface area contributed by atoms with Gasteiger partial charge in [0, 0.05) is 13.2 Å². The Kier molecular flexibility index (Phi) is 4.09. The fourth-order valence-corrected chi connectivity index (χ4v) is 2.68. The number of aliphatic carboxylic acids is 1. The summed E-state index contributed by atoms with van der Waals surface area (Å²) in [6.45, 7) is 1.39. The molecule has 6 nitrogen and oxygen atoms in total. The summed E-state index contributed by atoms with van der Waals surface area (Å²) in [6, 6.07) is 5.46. The Balaban J connectivity index is 2.28. The third-order valence-corrected chi connectivity index (χ3v) is 3.76. The summed E-state index contributed by atoms with van der Waals surface area (Å²) in [5, 5.41) is 9.36. The normalized spacial score (nSPS) is 10.3. The molecule has 0 radical (unpaired) electrons. The molecule has 1 N–H and O–H groups in total. The molecule has 0 aliphatic carbocycles. The molecule has 2 rings (SSSR count). The highest BCUT2D eigenvalue weighted by molar-refractivity contribution is 7.17. The number of carboxylic acids is 1. The number of amides is 1. The molecule has 2 aromatic rings. The van der Waals surface area contributed by atoms with Gasteiger partial charge in [-0.15, -0.1) is 11.3 Å². The molecule has 0 atom stereocenters. The Morgan fingerprint density at radius 2 is 2.15 bits per heavy atom. The lowest BCUT2D eigenvalue weighted by Crippen LogP contribution is -2.31. The molecule has 0 aromatic carbocycles. The number of hydrogen-bond acceptors (Lipinski definition) is 5. The smallest absolute Gasteiger partial charge is 0.323 e. The molecule has 0 fully saturated rings. The number of thiazole rings is 1. The van der Waals surface area contributed by atoms with E-state index in [0.717, 1.165) is 4.90 Å². The van der Waals surface area contributed by atoms with E-state index in [2.05, 4.69) is 9.97 Å². The monoisotopic (exact) mass is 291 g/mol. The zero-order valence-electron chi connectivity index (χ0n) is 11.0. The van der Waals surface area contributed by atoms with Crippen LogP contribution in [0.2, 0.25) is 0 Å². The van der Waals surface area contributed by atoms with Crippen molar-refractivity contribution in [2.75, 3.05) is 13.6 Å². The molecule has 104 valence electrons. The van der Waals surface area contributed by atoms with Gasteiger partial charge >= 0.3 is 5.97 Å². The van der Waals surface area contributed by atoms with Gasteiger partial charge in [-0.3, -0.25) is 14.6 Å². The van der Waals surface area contributed by atoms with Crippen LogP contribution in [0.1, 0.15) is 15.4 Å². The summed E-state index contributed by atoms with van der Waals surface area (Å²) >= 11 is 1.22. The number of aromatic nitrogens is 2. The van der Waals surface area contributed by atoms with Crippen molar-refractivity contribution in [2.24, 2.45) is 0 Å². The number of carboxylic acid groups (broad SMARTS) is 1. The first-order valence-electron chi connectivity index (χ1n) is 5.85. The summed E-state index contributed by atoms with van der Waals surface area (Å²) in [5.41, 5.74) is 1.28. The molecule has 7 heteroatoms. The average molecular weight is 291 g/mol. The van der Waals surface area contributed by atoms with E-state index in [1.807, 2.05) is 12.1 Å². The van der Waals surface area contributed by atoms with E-state index in [0.29, 0.717) is 21.3 Å². The first kappa shape index (κ1) is 14.1. The van der Waals surface area contributed by atoms with Crippen molar-refractivity contribution in [3.8, 4) is 10.7 Å². The number of aryl methyl sites for hydroxylation is 1. The van der Waals surface area contributed by atoms with Gasteiger partial charge < -0.3 is 10.0 Å². The second kappa shape index (κ2) is 5.79. The van der Waals surface area contributed by atoms with Crippen molar-refractivity contribution >= 4 is 23.2 Å². The minimum Gasteiger partial charge on any atom is -0.480 e. The van der Waals surface area contributed by atoms with Gasteiger partial charge in [-0.1, -0.05) is 6.07 Å². The van der Waals surface area contributed by atoms with Gasteiger partial charge in [0.05, 0.1) is 11.4 Å². The van der Waals surface area contributed by atoms with E-state index in [1.165, 1.54) is 18.4 Å². The predicted octanol–water partition coefficient (Wildman–Crippen LogP) is 1.67. The van der Waals surface area contributed by atoms with E-state index in [1.54, 1.807) is 19.2 Å². The minimum absolute atomic E-state index is 0.338. The quantitative estimate of drug-likeness (QED) is 0.926. The number of rotatable bonds is 4. The van der Waals surface area contributed by atoms with Crippen LogP contribution in [0, 0.1) is 6.92 Å². The number of hydrogen-bond donors (Lipinski definition) is 1. The van der Waals surface area contributed by atoms with Crippen molar-refractivity contribution in [1.29, 1.82) is 0 Å². The second-order valence-electron chi connectivity index (χ2n) is 4.20. The van der Waals surface area contributed by atoms with Gasteiger partial charge in [0.1, 0.15) is 16.4 Å². The van der Waals surface area contributed by atoms with Gasteiger partial charge in [-0.05, 0) is 19.1 Å². The van der Waals surface area contributed by atoms with Crippen LogP contribution in [-0.4, -0.2) is 45.4 Å². The van der Waals surface area contributed by atoms with Crippen LogP contribution < -0.4 is 0 Å². The number of likely N-dealkylation sites (N-methyl/N-ethyl adjacent to an activating group) is 1. The first-order chi connectivity index (χ1) is 9.49. The molecule has 1 amide bonds. The SMILES string of the molecule is Cc1nc(-c2ccccn2)sc1C(=O)N(C)CC(=O)O. The Labute approximate surface area is 119 Å². The van der Waals surface area contributed by atoms with Crippen LogP contribution in [0.4, 0.5) is 0 Å². The van der Waals surface area contributed by atoms with Gasteiger partial charge in [0.2, 0.25) is 0 Å². The number of carbonyl (C=O) groups is 2. The van der Waals surface area contributed by atoms with Crippen LogP contribution in [-0.2, 0) is 4.79 Å². The fourth-order valence-electron chi connectivity index (χ4n) is 1.64.